The summed E-state index contributed by atoms with van der Waals surface area (Å²) in [5.41, 5.74) is 1.26. The van der Waals surface area contributed by atoms with E-state index in [-0.39, 0.29) is 5.91 Å². The van der Waals surface area contributed by atoms with Gasteiger partial charge in [0.1, 0.15) is 5.76 Å². The summed E-state index contributed by atoms with van der Waals surface area (Å²) in [6, 6.07) is 0. The largest absolute Gasteiger partial charge is 0.360 e. The van der Waals surface area contributed by atoms with Crippen LogP contribution in [0.3, 0.4) is 0 Å². The molecular weight excluding hydrogens is 230 g/mol. The van der Waals surface area contributed by atoms with E-state index in [1.165, 1.54) is 0 Å². The van der Waals surface area contributed by atoms with E-state index in [0.717, 1.165) is 37.3 Å². The Labute approximate surface area is 109 Å². The van der Waals surface area contributed by atoms with Crippen molar-refractivity contribution < 1.29 is 9.32 Å². The Morgan fingerprint density at radius 3 is 2.72 bits per heavy atom. The van der Waals surface area contributed by atoms with Gasteiger partial charge in [-0.25, -0.2) is 0 Å². The van der Waals surface area contributed by atoms with Gasteiger partial charge in [-0.3, -0.25) is 4.79 Å². The highest BCUT2D eigenvalue weighted by atomic mass is 16.5. The summed E-state index contributed by atoms with van der Waals surface area (Å²) in [6.45, 7) is 8.64. The highest BCUT2D eigenvalue weighted by Crippen LogP contribution is 2.12. The summed E-state index contributed by atoms with van der Waals surface area (Å²) in [6.07, 6.45) is 1.70. The minimum absolute atomic E-state index is 0.143. The van der Waals surface area contributed by atoms with E-state index in [4.69, 9.17) is 4.52 Å². The van der Waals surface area contributed by atoms with E-state index < -0.39 is 0 Å². The number of carbonyl (C=O) groups excluding carboxylic acids is 1. The predicted molar refractivity (Wildman–Crippen MR) is 70.7 cm³/mol. The average molecular weight is 253 g/mol. The molecule has 0 radical (unpaired) electrons. The van der Waals surface area contributed by atoms with E-state index in [1.807, 2.05) is 13.8 Å². The number of rotatable bonds is 7. The SMILES string of the molecule is CCc1onc(C(=O)NCCCN(C)CC)c1C. The van der Waals surface area contributed by atoms with Crippen LogP contribution in [0.15, 0.2) is 4.52 Å². The van der Waals surface area contributed by atoms with Crippen LogP contribution < -0.4 is 5.32 Å². The fourth-order valence-corrected chi connectivity index (χ4v) is 1.70. The van der Waals surface area contributed by atoms with Crippen molar-refractivity contribution in [3.05, 3.63) is 17.0 Å². The van der Waals surface area contributed by atoms with Crippen LogP contribution in [-0.2, 0) is 6.42 Å². The summed E-state index contributed by atoms with van der Waals surface area (Å²) in [5.74, 6) is 0.640. The van der Waals surface area contributed by atoms with Crippen molar-refractivity contribution in [3.63, 3.8) is 0 Å². The number of hydrogen-bond donors (Lipinski definition) is 1. The fraction of sp³-hybridized carbons (Fsp3) is 0.692. The molecule has 1 N–H and O–H groups in total. The lowest BCUT2D eigenvalue weighted by atomic mass is 10.2. The third kappa shape index (κ3) is 3.84. The van der Waals surface area contributed by atoms with Crippen LogP contribution in [-0.4, -0.2) is 42.6 Å². The van der Waals surface area contributed by atoms with Crippen molar-refractivity contribution in [2.45, 2.75) is 33.6 Å². The lowest BCUT2D eigenvalue weighted by molar-refractivity contribution is 0.0942. The first kappa shape index (κ1) is 14.7. The van der Waals surface area contributed by atoms with Gasteiger partial charge in [-0.1, -0.05) is 19.0 Å². The zero-order chi connectivity index (χ0) is 13.5. The van der Waals surface area contributed by atoms with Crippen LogP contribution in [0.2, 0.25) is 0 Å². The molecule has 1 heterocycles. The standard InChI is InChI=1S/C13H23N3O2/c1-5-11-10(3)12(15-18-11)13(17)14-8-7-9-16(4)6-2/h5-9H2,1-4H3,(H,14,17). The average Bonchev–Trinajstić information content (AvgIpc) is 2.75. The fourth-order valence-electron chi connectivity index (χ4n) is 1.70. The molecule has 0 spiro atoms. The number of aryl methyl sites for hydroxylation is 1. The van der Waals surface area contributed by atoms with Gasteiger partial charge in [0, 0.05) is 18.5 Å². The Balaban J connectivity index is 2.39. The van der Waals surface area contributed by atoms with Gasteiger partial charge in [0.05, 0.1) is 0 Å². The number of hydrogen-bond acceptors (Lipinski definition) is 4. The second kappa shape index (κ2) is 7.16. The van der Waals surface area contributed by atoms with Gasteiger partial charge in [-0.05, 0) is 33.5 Å². The third-order valence-corrected chi connectivity index (χ3v) is 3.10. The molecule has 0 aliphatic carbocycles. The number of nitrogens with zero attached hydrogens (tertiary/aromatic N) is 2. The molecule has 1 aromatic heterocycles. The maximum atomic E-state index is 11.9. The van der Waals surface area contributed by atoms with E-state index in [2.05, 4.69) is 29.3 Å². The molecule has 0 aliphatic heterocycles. The molecule has 0 atom stereocenters. The van der Waals surface area contributed by atoms with Gasteiger partial charge in [-0.15, -0.1) is 0 Å². The Kier molecular flexibility index (Phi) is 5.85. The van der Waals surface area contributed by atoms with Crippen LogP contribution in [0.5, 0.6) is 0 Å². The van der Waals surface area contributed by atoms with Crippen molar-refractivity contribution in [3.8, 4) is 0 Å². The molecule has 0 saturated carbocycles. The maximum Gasteiger partial charge on any atom is 0.273 e. The molecule has 5 heteroatoms. The molecule has 1 amide bonds. The van der Waals surface area contributed by atoms with Crippen LogP contribution >= 0.6 is 0 Å². The topological polar surface area (TPSA) is 58.4 Å². The molecule has 0 bridgehead atoms. The normalized spacial score (nSPS) is 10.9. The van der Waals surface area contributed by atoms with Crippen molar-refractivity contribution in [2.75, 3.05) is 26.7 Å². The second-order valence-corrected chi connectivity index (χ2v) is 4.44. The number of amides is 1. The number of carbonyl (C=O) groups is 1. The Bertz CT molecular complexity index is 388. The molecule has 1 rings (SSSR count). The van der Waals surface area contributed by atoms with Crippen LogP contribution in [0, 0.1) is 6.92 Å². The number of nitrogens with one attached hydrogen (secondary N) is 1. The summed E-state index contributed by atoms with van der Waals surface area (Å²) in [5, 5.41) is 6.69. The van der Waals surface area contributed by atoms with Crippen molar-refractivity contribution in [1.29, 1.82) is 0 Å². The molecule has 0 fully saturated rings. The Morgan fingerprint density at radius 1 is 1.44 bits per heavy atom. The summed E-state index contributed by atoms with van der Waals surface area (Å²) in [4.78, 5) is 14.1. The van der Waals surface area contributed by atoms with Crippen molar-refractivity contribution in [1.82, 2.24) is 15.4 Å². The lowest BCUT2D eigenvalue weighted by Gasteiger charge is -2.13. The minimum atomic E-state index is -0.143. The van der Waals surface area contributed by atoms with Crippen LogP contribution in [0.1, 0.15) is 42.1 Å². The predicted octanol–water partition coefficient (Wildman–Crippen LogP) is 1.62. The van der Waals surface area contributed by atoms with Gasteiger partial charge in [0.25, 0.3) is 5.91 Å². The highest BCUT2D eigenvalue weighted by molar-refractivity contribution is 5.93. The van der Waals surface area contributed by atoms with E-state index in [0.29, 0.717) is 12.2 Å². The van der Waals surface area contributed by atoms with Gasteiger partial charge in [0.2, 0.25) is 0 Å². The zero-order valence-corrected chi connectivity index (χ0v) is 11.7. The summed E-state index contributed by atoms with van der Waals surface area (Å²) in [7, 11) is 2.07. The smallest absolute Gasteiger partial charge is 0.273 e. The first-order chi connectivity index (χ1) is 8.60. The molecule has 102 valence electrons. The van der Waals surface area contributed by atoms with E-state index >= 15 is 0 Å². The molecule has 18 heavy (non-hydrogen) atoms. The molecule has 0 saturated heterocycles. The van der Waals surface area contributed by atoms with Crippen LogP contribution in [0.25, 0.3) is 0 Å². The third-order valence-electron chi connectivity index (χ3n) is 3.10. The summed E-state index contributed by atoms with van der Waals surface area (Å²) < 4.78 is 5.11. The first-order valence-corrected chi connectivity index (χ1v) is 6.52. The van der Waals surface area contributed by atoms with Crippen molar-refractivity contribution >= 4 is 5.91 Å². The quantitative estimate of drug-likeness (QED) is 0.750. The monoisotopic (exact) mass is 253 g/mol. The van der Waals surface area contributed by atoms with Crippen molar-refractivity contribution in [2.24, 2.45) is 0 Å². The summed E-state index contributed by atoms with van der Waals surface area (Å²) >= 11 is 0. The molecule has 0 aromatic carbocycles. The van der Waals surface area contributed by atoms with E-state index in [9.17, 15) is 4.79 Å². The maximum absolute atomic E-state index is 11.9. The van der Waals surface area contributed by atoms with Gasteiger partial charge in [-0.2, -0.15) is 0 Å². The van der Waals surface area contributed by atoms with Gasteiger partial charge >= 0.3 is 0 Å². The number of aromatic nitrogens is 1. The molecule has 5 nitrogen and oxygen atoms in total. The zero-order valence-electron chi connectivity index (χ0n) is 11.7. The molecule has 0 aliphatic rings. The molecule has 1 aromatic rings. The van der Waals surface area contributed by atoms with E-state index in [1.54, 1.807) is 0 Å². The molecule has 0 unspecified atom stereocenters. The van der Waals surface area contributed by atoms with Gasteiger partial charge < -0.3 is 14.7 Å². The lowest BCUT2D eigenvalue weighted by Crippen LogP contribution is -2.28. The second-order valence-electron chi connectivity index (χ2n) is 4.44. The minimum Gasteiger partial charge on any atom is -0.360 e. The Hall–Kier alpha value is -1.36. The first-order valence-electron chi connectivity index (χ1n) is 6.52. The Morgan fingerprint density at radius 2 is 2.17 bits per heavy atom. The van der Waals surface area contributed by atoms with Gasteiger partial charge in [0.15, 0.2) is 5.69 Å². The molecular formula is C13H23N3O2. The highest BCUT2D eigenvalue weighted by Gasteiger charge is 2.16. The van der Waals surface area contributed by atoms with Crippen LogP contribution in [0.4, 0.5) is 0 Å².